The lowest BCUT2D eigenvalue weighted by Gasteiger charge is -2.15. The summed E-state index contributed by atoms with van der Waals surface area (Å²) < 4.78 is 12.5. The summed E-state index contributed by atoms with van der Waals surface area (Å²) in [6.07, 6.45) is 4.01. The molecule has 1 N–H and O–H groups in total. The lowest BCUT2D eigenvalue weighted by Crippen LogP contribution is -2.18. The van der Waals surface area contributed by atoms with Gasteiger partial charge in [-0.2, -0.15) is 5.10 Å². The summed E-state index contributed by atoms with van der Waals surface area (Å²) in [5, 5.41) is 9.27. The van der Waals surface area contributed by atoms with Gasteiger partial charge < -0.3 is 9.15 Å². The van der Waals surface area contributed by atoms with Crippen LogP contribution in [0.25, 0.3) is 11.5 Å². The zero-order chi connectivity index (χ0) is 14.9. The number of anilines is 1. The molecule has 4 heterocycles. The van der Waals surface area contributed by atoms with Crippen LogP contribution in [0.5, 0.6) is 5.88 Å². The van der Waals surface area contributed by atoms with Crippen LogP contribution in [-0.4, -0.2) is 27.3 Å². The Morgan fingerprint density at radius 1 is 1.45 bits per heavy atom. The molecule has 0 spiro atoms. The molecule has 8 heteroatoms. The van der Waals surface area contributed by atoms with Gasteiger partial charge in [0, 0.05) is 18.3 Å². The first kappa shape index (κ1) is 13.1. The fourth-order valence-corrected chi connectivity index (χ4v) is 2.95. The summed E-state index contributed by atoms with van der Waals surface area (Å²) in [7, 11) is 0. The third-order valence-electron chi connectivity index (χ3n) is 3.29. The molecule has 1 aliphatic rings. The van der Waals surface area contributed by atoms with E-state index in [1.165, 1.54) is 17.5 Å². The van der Waals surface area contributed by atoms with E-state index in [4.69, 9.17) is 9.15 Å². The Morgan fingerprint density at radius 2 is 2.41 bits per heavy atom. The van der Waals surface area contributed by atoms with Crippen molar-refractivity contribution in [2.45, 2.75) is 13.0 Å². The van der Waals surface area contributed by atoms with Gasteiger partial charge in [0.25, 0.3) is 5.91 Å². The van der Waals surface area contributed by atoms with Crippen molar-refractivity contribution in [3.05, 3.63) is 35.5 Å². The molecule has 0 aliphatic carbocycles. The van der Waals surface area contributed by atoms with Gasteiger partial charge in [-0.1, -0.05) is 0 Å². The number of aromatic nitrogens is 3. The number of amides is 1. The Bertz CT molecular complexity index is 806. The highest BCUT2D eigenvalue weighted by molar-refractivity contribution is 7.14. The topological polar surface area (TPSA) is 82.2 Å². The molecular formula is C14H12N4O3S. The Balaban J connectivity index is 1.54. The fourth-order valence-electron chi connectivity index (χ4n) is 2.26. The van der Waals surface area contributed by atoms with Crippen LogP contribution in [0.2, 0.25) is 0 Å². The Kier molecular flexibility index (Phi) is 3.15. The maximum atomic E-state index is 12.3. The number of carbonyl (C=O) groups excluding carboxylic acids is 1. The molecule has 1 aliphatic heterocycles. The summed E-state index contributed by atoms with van der Waals surface area (Å²) in [6, 6.07) is 3.62. The van der Waals surface area contributed by atoms with Crippen LogP contribution in [0.4, 0.5) is 5.13 Å². The van der Waals surface area contributed by atoms with Crippen LogP contribution >= 0.6 is 11.3 Å². The molecule has 4 rings (SSSR count). The molecule has 3 aromatic heterocycles. The molecule has 7 nitrogen and oxygen atoms in total. The molecule has 0 atom stereocenters. The summed E-state index contributed by atoms with van der Waals surface area (Å²) in [4.78, 5) is 16.7. The summed E-state index contributed by atoms with van der Waals surface area (Å²) in [5.74, 6) is 0.915. The number of carbonyl (C=O) groups is 1. The molecule has 1 amide bonds. The third-order valence-corrected chi connectivity index (χ3v) is 4.04. The first-order valence-corrected chi connectivity index (χ1v) is 7.68. The average molecular weight is 316 g/mol. The molecule has 0 saturated heterocycles. The number of nitrogens with zero attached hydrogens (tertiary/aromatic N) is 3. The van der Waals surface area contributed by atoms with E-state index < -0.39 is 0 Å². The van der Waals surface area contributed by atoms with Crippen LogP contribution in [-0.2, 0) is 6.54 Å². The standard InChI is InChI=1S/C14H12N4O3S/c19-12(9-7-15-18-4-2-6-21-13(9)18)17-14-16-10(8-22-14)11-3-1-5-20-11/h1,3,5,7-8H,2,4,6H2,(H,16,17,19). The van der Waals surface area contributed by atoms with Crippen molar-refractivity contribution in [3.8, 4) is 17.3 Å². The predicted octanol–water partition coefficient (Wildman–Crippen LogP) is 2.63. The van der Waals surface area contributed by atoms with Gasteiger partial charge in [0.2, 0.25) is 5.88 Å². The van der Waals surface area contributed by atoms with Crippen molar-refractivity contribution >= 4 is 22.4 Å². The van der Waals surface area contributed by atoms with Crippen molar-refractivity contribution in [2.75, 3.05) is 11.9 Å². The van der Waals surface area contributed by atoms with E-state index >= 15 is 0 Å². The molecule has 112 valence electrons. The fraction of sp³-hybridized carbons (Fsp3) is 0.214. The molecule has 22 heavy (non-hydrogen) atoms. The number of furan rings is 1. The number of hydrogen-bond donors (Lipinski definition) is 1. The van der Waals surface area contributed by atoms with Gasteiger partial charge in [-0.05, 0) is 12.1 Å². The van der Waals surface area contributed by atoms with Crippen molar-refractivity contribution in [3.63, 3.8) is 0 Å². The second kappa shape index (κ2) is 5.30. The van der Waals surface area contributed by atoms with Crippen molar-refractivity contribution < 1.29 is 13.9 Å². The Labute approximate surface area is 129 Å². The van der Waals surface area contributed by atoms with Crippen LogP contribution in [0.15, 0.2) is 34.4 Å². The SMILES string of the molecule is O=C(Nc1nc(-c2ccco2)cs1)c1cnn2c1OCCC2. The van der Waals surface area contributed by atoms with Crippen molar-refractivity contribution in [1.29, 1.82) is 0 Å². The molecule has 0 bridgehead atoms. The van der Waals surface area contributed by atoms with E-state index in [2.05, 4.69) is 15.4 Å². The molecular weight excluding hydrogens is 304 g/mol. The largest absolute Gasteiger partial charge is 0.477 e. The first-order valence-electron chi connectivity index (χ1n) is 6.80. The Hall–Kier alpha value is -2.61. The number of thiazole rings is 1. The van der Waals surface area contributed by atoms with E-state index in [1.807, 2.05) is 11.4 Å². The lowest BCUT2D eigenvalue weighted by atomic mass is 10.3. The van der Waals surface area contributed by atoms with E-state index in [0.29, 0.717) is 34.6 Å². The van der Waals surface area contributed by atoms with Gasteiger partial charge in [-0.3, -0.25) is 10.1 Å². The zero-order valence-electron chi connectivity index (χ0n) is 11.5. The van der Waals surface area contributed by atoms with E-state index in [0.717, 1.165) is 13.0 Å². The van der Waals surface area contributed by atoms with Gasteiger partial charge >= 0.3 is 0 Å². The second-order valence-electron chi connectivity index (χ2n) is 4.76. The van der Waals surface area contributed by atoms with Crippen LogP contribution in [0.3, 0.4) is 0 Å². The summed E-state index contributed by atoms with van der Waals surface area (Å²) in [6.45, 7) is 1.37. The second-order valence-corrected chi connectivity index (χ2v) is 5.62. The van der Waals surface area contributed by atoms with Crippen molar-refractivity contribution in [2.24, 2.45) is 0 Å². The maximum absolute atomic E-state index is 12.3. The summed E-state index contributed by atoms with van der Waals surface area (Å²) >= 11 is 1.34. The van der Waals surface area contributed by atoms with Gasteiger partial charge in [0.05, 0.1) is 19.1 Å². The molecule has 0 unspecified atom stereocenters. The highest BCUT2D eigenvalue weighted by Gasteiger charge is 2.22. The molecule has 0 saturated carbocycles. The monoisotopic (exact) mass is 316 g/mol. The number of rotatable bonds is 3. The number of hydrogen-bond acceptors (Lipinski definition) is 6. The van der Waals surface area contributed by atoms with Crippen molar-refractivity contribution in [1.82, 2.24) is 14.8 Å². The smallest absolute Gasteiger partial charge is 0.264 e. The van der Waals surface area contributed by atoms with Gasteiger partial charge in [-0.15, -0.1) is 11.3 Å². The van der Waals surface area contributed by atoms with Gasteiger partial charge in [0.1, 0.15) is 11.3 Å². The molecule has 3 aromatic rings. The van der Waals surface area contributed by atoms with Crippen LogP contribution in [0.1, 0.15) is 16.8 Å². The number of aryl methyl sites for hydroxylation is 1. The quantitative estimate of drug-likeness (QED) is 0.803. The minimum Gasteiger partial charge on any atom is -0.477 e. The molecule has 0 aromatic carbocycles. The van der Waals surface area contributed by atoms with Gasteiger partial charge in [-0.25, -0.2) is 9.67 Å². The highest BCUT2D eigenvalue weighted by Crippen LogP contribution is 2.27. The first-order chi connectivity index (χ1) is 10.8. The van der Waals surface area contributed by atoms with E-state index in [-0.39, 0.29) is 5.91 Å². The minimum absolute atomic E-state index is 0.275. The summed E-state index contributed by atoms with van der Waals surface area (Å²) in [5.41, 5.74) is 1.12. The average Bonchev–Trinajstić information content (AvgIpc) is 3.27. The van der Waals surface area contributed by atoms with E-state index in [9.17, 15) is 4.79 Å². The maximum Gasteiger partial charge on any atom is 0.264 e. The zero-order valence-corrected chi connectivity index (χ0v) is 12.3. The third kappa shape index (κ3) is 2.27. The normalized spacial score (nSPS) is 13.5. The number of nitrogens with one attached hydrogen (secondary N) is 1. The highest BCUT2D eigenvalue weighted by atomic mass is 32.1. The van der Waals surface area contributed by atoms with E-state index in [1.54, 1.807) is 17.0 Å². The van der Waals surface area contributed by atoms with Gasteiger partial charge in [0.15, 0.2) is 10.9 Å². The van der Waals surface area contributed by atoms with Crippen LogP contribution in [0, 0.1) is 0 Å². The number of ether oxygens (including phenoxy) is 1. The minimum atomic E-state index is -0.275. The lowest BCUT2D eigenvalue weighted by molar-refractivity contribution is 0.102. The predicted molar refractivity (Wildman–Crippen MR) is 80.1 cm³/mol. The van der Waals surface area contributed by atoms with Crippen LogP contribution < -0.4 is 10.1 Å². The molecule has 0 radical (unpaired) electrons. The Morgan fingerprint density at radius 3 is 3.27 bits per heavy atom. The molecule has 0 fully saturated rings. The number of fused-ring (bicyclic) bond motifs is 1.